The molecule has 6 rings (SSSR count). The number of nitrogens with zero attached hydrogens (tertiary/aromatic N) is 3. The van der Waals surface area contributed by atoms with Crippen LogP contribution in [0.25, 0.3) is 0 Å². The minimum Gasteiger partial charge on any atom is -0.390 e. The number of hydrogen-bond donors (Lipinski definition) is 6. The van der Waals surface area contributed by atoms with E-state index in [1.54, 1.807) is 0 Å². The van der Waals surface area contributed by atoms with Crippen LogP contribution in [0.15, 0.2) is 0 Å². The van der Waals surface area contributed by atoms with Gasteiger partial charge in [0.05, 0.1) is 63.1 Å². The molecule has 0 aromatic carbocycles. The van der Waals surface area contributed by atoms with Crippen LogP contribution in [0.5, 0.6) is 0 Å². The molecule has 0 aromatic heterocycles. The van der Waals surface area contributed by atoms with Crippen LogP contribution < -0.4 is 26.6 Å². The molecule has 5 saturated heterocycles. The first-order valence-electron chi connectivity index (χ1n) is 18.2. The lowest BCUT2D eigenvalue weighted by Crippen LogP contribution is -2.73. The third kappa shape index (κ3) is 9.41. The predicted molar refractivity (Wildman–Crippen MR) is 176 cm³/mol. The minimum atomic E-state index is -0.623. The highest BCUT2D eigenvalue weighted by Crippen LogP contribution is 2.37. The second kappa shape index (κ2) is 16.5. The Hall–Kier alpha value is -1.46. The zero-order valence-electron chi connectivity index (χ0n) is 28.7. The van der Waals surface area contributed by atoms with Crippen molar-refractivity contribution >= 4 is 11.8 Å². The SMILES string of the molecule is CC(C)C(=O)N1CCN(C2NC(NC3COC3)CC(C(=O)NC[C@H](O)CN3CCC4CC(OCC5OCNC5C)CCC4C3)N2)CC1. The number of fused-ring (bicyclic) bond motifs is 1. The lowest BCUT2D eigenvalue weighted by Gasteiger charge is -2.46. The van der Waals surface area contributed by atoms with E-state index in [4.69, 9.17) is 14.2 Å². The summed E-state index contributed by atoms with van der Waals surface area (Å²) in [6, 6.07) is 0.210. The molecule has 0 aromatic rings. The highest BCUT2D eigenvalue weighted by atomic mass is 16.5. The van der Waals surface area contributed by atoms with E-state index in [0.29, 0.717) is 76.6 Å². The molecule has 1 saturated carbocycles. The number of carbonyl (C=O) groups excluding carboxylic acids is 2. The van der Waals surface area contributed by atoms with Crippen molar-refractivity contribution in [2.24, 2.45) is 17.8 Å². The largest absolute Gasteiger partial charge is 0.390 e. The van der Waals surface area contributed by atoms with E-state index in [2.05, 4.69) is 43.3 Å². The fourth-order valence-electron chi connectivity index (χ4n) is 8.15. The van der Waals surface area contributed by atoms with E-state index in [-0.39, 0.29) is 48.9 Å². The highest BCUT2D eigenvalue weighted by molar-refractivity contribution is 5.82. The number of β-amino-alcohol motifs (C(OH)–C–C–N with tert-alkyl or cyclic N) is 1. The normalized spacial score (nSPS) is 36.6. The summed E-state index contributed by atoms with van der Waals surface area (Å²) in [4.78, 5) is 32.5. The molecule has 9 atom stereocenters. The van der Waals surface area contributed by atoms with Crippen LogP contribution in [-0.4, -0.2) is 159 Å². The molecule has 0 radical (unpaired) electrons. The molecular weight excluding hydrogens is 604 g/mol. The molecule has 2 amide bonds. The summed E-state index contributed by atoms with van der Waals surface area (Å²) in [7, 11) is 0. The Bertz CT molecular complexity index is 1030. The van der Waals surface area contributed by atoms with Crippen LogP contribution in [0, 0.1) is 17.8 Å². The summed E-state index contributed by atoms with van der Waals surface area (Å²) in [5.74, 6) is 1.40. The summed E-state index contributed by atoms with van der Waals surface area (Å²) >= 11 is 0. The van der Waals surface area contributed by atoms with Crippen LogP contribution >= 0.6 is 0 Å². The van der Waals surface area contributed by atoms with Gasteiger partial charge in [0.25, 0.3) is 0 Å². The van der Waals surface area contributed by atoms with Crippen molar-refractivity contribution in [3.63, 3.8) is 0 Å². The van der Waals surface area contributed by atoms with E-state index in [1.807, 2.05) is 18.7 Å². The van der Waals surface area contributed by atoms with Crippen LogP contribution in [0.4, 0.5) is 0 Å². The van der Waals surface area contributed by atoms with Crippen molar-refractivity contribution in [2.75, 3.05) is 78.9 Å². The van der Waals surface area contributed by atoms with Crippen molar-refractivity contribution in [1.82, 2.24) is 41.3 Å². The molecule has 8 unspecified atom stereocenters. The van der Waals surface area contributed by atoms with Gasteiger partial charge in [-0.25, -0.2) is 0 Å². The quantitative estimate of drug-likeness (QED) is 0.147. The predicted octanol–water partition coefficient (Wildman–Crippen LogP) is -1.35. The van der Waals surface area contributed by atoms with Gasteiger partial charge in [-0.15, -0.1) is 0 Å². The van der Waals surface area contributed by atoms with Gasteiger partial charge >= 0.3 is 0 Å². The van der Waals surface area contributed by atoms with E-state index in [9.17, 15) is 14.7 Å². The summed E-state index contributed by atoms with van der Waals surface area (Å²) in [6.45, 7) is 14.2. The summed E-state index contributed by atoms with van der Waals surface area (Å²) < 4.78 is 17.4. The van der Waals surface area contributed by atoms with Gasteiger partial charge in [-0.3, -0.25) is 35.8 Å². The first kappa shape index (κ1) is 35.4. The number of rotatable bonds is 12. The van der Waals surface area contributed by atoms with E-state index < -0.39 is 12.1 Å². The molecule has 0 spiro atoms. The van der Waals surface area contributed by atoms with Crippen molar-refractivity contribution < 1.29 is 28.9 Å². The van der Waals surface area contributed by atoms with Crippen LogP contribution in [0.2, 0.25) is 0 Å². The maximum Gasteiger partial charge on any atom is 0.237 e. The molecule has 6 N–H and O–H groups in total. The maximum atomic E-state index is 13.5. The summed E-state index contributed by atoms with van der Waals surface area (Å²) in [6.07, 6.45) is 4.67. The van der Waals surface area contributed by atoms with E-state index in [0.717, 1.165) is 51.9 Å². The molecule has 268 valence electrons. The number of nitrogens with one attached hydrogen (secondary N) is 5. The summed E-state index contributed by atoms with van der Waals surface area (Å²) in [5, 5.41) is 28.1. The smallest absolute Gasteiger partial charge is 0.237 e. The first-order valence-corrected chi connectivity index (χ1v) is 18.2. The second-order valence-electron chi connectivity index (χ2n) is 15.1. The lowest BCUT2D eigenvalue weighted by molar-refractivity contribution is -0.137. The van der Waals surface area contributed by atoms with Crippen LogP contribution in [0.3, 0.4) is 0 Å². The molecule has 0 bridgehead atoms. The van der Waals surface area contributed by atoms with Crippen LogP contribution in [0.1, 0.15) is 52.9 Å². The third-order valence-electron chi connectivity index (χ3n) is 11.2. The average molecular weight is 665 g/mol. The molecule has 14 nitrogen and oxygen atoms in total. The number of piperazine rings is 1. The molecular formula is C33H60N8O6. The van der Waals surface area contributed by atoms with Crippen molar-refractivity contribution in [1.29, 1.82) is 0 Å². The van der Waals surface area contributed by atoms with Crippen molar-refractivity contribution in [2.45, 2.75) is 102 Å². The number of amides is 2. The van der Waals surface area contributed by atoms with Gasteiger partial charge in [0.15, 0.2) is 0 Å². The zero-order chi connectivity index (χ0) is 32.9. The average Bonchev–Trinajstić information content (AvgIpc) is 3.48. The molecule has 6 fully saturated rings. The number of aliphatic hydroxyl groups excluding tert-OH is 1. The Morgan fingerprint density at radius 2 is 1.83 bits per heavy atom. The van der Waals surface area contributed by atoms with Crippen molar-refractivity contribution in [3.05, 3.63) is 0 Å². The fourth-order valence-corrected chi connectivity index (χ4v) is 8.15. The molecule has 5 heterocycles. The number of piperidine rings is 1. The number of ether oxygens (including phenoxy) is 3. The van der Waals surface area contributed by atoms with Gasteiger partial charge in [0, 0.05) is 64.2 Å². The number of hydrogen-bond acceptors (Lipinski definition) is 12. The Labute approximate surface area is 280 Å². The number of likely N-dealkylation sites (tertiary alicyclic amines) is 1. The Balaban J connectivity index is 0.927. The maximum absolute atomic E-state index is 13.5. The van der Waals surface area contributed by atoms with Gasteiger partial charge in [-0.1, -0.05) is 13.8 Å². The standard InChI is InChI=1S/C33H60N8O6/c1-21(2)32(44)40-8-10-41(11-9-40)33-37-28(13-30(38-33)36-25-17-45-18-25)31(43)34-14-26(42)16-39-7-6-23-12-27(5-4-24(23)15-39)46-19-29-22(3)35-20-47-29/h21-30,33,35-38,42H,4-20H2,1-3H3,(H,34,43)/t22?,23?,24?,26-,27?,28?,29?,30?,33?/m0/s1. The zero-order valence-corrected chi connectivity index (χ0v) is 28.7. The number of carbonyl (C=O) groups is 2. The molecule has 47 heavy (non-hydrogen) atoms. The van der Waals surface area contributed by atoms with E-state index >= 15 is 0 Å². The Morgan fingerprint density at radius 1 is 1.02 bits per heavy atom. The van der Waals surface area contributed by atoms with Crippen LogP contribution in [-0.2, 0) is 23.8 Å². The Morgan fingerprint density at radius 3 is 2.53 bits per heavy atom. The highest BCUT2D eigenvalue weighted by Gasteiger charge is 2.39. The number of aliphatic hydroxyl groups is 1. The third-order valence-corrected chi connectivity index (χ3v) is 11.2. The molecule has 5 aliphatic heterocycles. The summed E-state index contributed by atoms with van der Waals surface area (Å²) in [5.41, 5.74) is 0. The van der Waals surface area contributed by atoms with Crippen molar-refractivity contribution in [3.8, 4) is 0 Å². The molecule has 6 aliphatic rings. The van der Waals surface area contributed by atoms with Gasteiger partial charge in [-0.2, -0.15) is 0 Å². The first-order chi connectivity index (χ1) is 22.7. The fraction of sp³-hybridized carbons (Fsp3) is 0.939. The minimum absolute atomic E-state index is 0.00877. The van der Waals surface area contributed by atoms with Gasteiger partial charge in [0.2, 0.25) is 11.8 Å². The van der Waals surface area contributed by atoms with Gasteiger partial charge < -0.3 is 34.4 Å². The monoisotopic (exact) mass is 664 g/mol. The van der Waals surface area contributed by atoms with Gasteiger partial charge in [-0.05, 0) is 51.0 Å². The molecule has 14 heteroatoms. The molecule has 1 aliphatic carbocycles. The van der Waals surface area contributed by atoms with Gasteiger partial charge in [0.1, 0.15) is 6.29 Å². The lowest BCUT2D eigenvalue weighted by atomic mass is 9.74. The topological polar surface area (TPSA) is 152 Å². The van der Waals surface area contributed by atoms with E-state index in [1.165, 1.54) is 0 Å². The Kier molecular flexibility index (Phi) is 12.4. The second-order valence-corrected chi connectivity index (χ2v) is 15.1.